The average Bonchev–Trinajstić information content (AvgIpc) is 3.05. The van der Waals surface area contributed by atoms with Crippen molar-refractivity contribution in [3.05, 3.63) is 21.8 Å². The van der Waals surface area contributed by atoms with Crippen molar-refractivity contribution in [1.29, 1.82) is 0 Å². The number of hydrogen-bond acceptors (Lipinski definition) is 3. The highest BCUT2D eigenvalue weighted by atomic mass is 16.6. The summed E-state index contributed by atoms with van der Waals surface area (Å²) in [5, 5.41) is 22.4. The van der Waals surface area contributed by atoms with E-state index in [4.69, 9.17) is 0 Å². The molecule has 4 heteroatoms. The van der Waals surface area contributed by atoms with E-state index >= 15 is 0 Å². The van der Waals surface area contributed by atoms with Crippen LogP contribution in [0.25, 0.3) is 0 Å². The predicted octanol–water partition coefficient (Wildman–Crippen LogP) is 6.64. The number of hydrogen-bond donors (Lipinski definition) is 1. The quantitative estimate of drug-likeness (QED) is 0.291. The van der Waals surface area contributed by atoms with Gasteiger partial charge >= 0.3 is 0 Å². The van der Waals surface area contributed by atoms with Crippen molar-refractivity contribution in [2.24, 2.45) is 46.3 Å². The van der Waals surface area contributed by atoms with Crippen LogP contribution in [0.4, 0.5) is 0 Å². The number of aliphatic hydroxyl groups excluding tert-OH is 1. The smallest absolute Gasteiger partial charge is 0.235 e. The van der Waals surface area contributed by atoms with Crippen molar-refractivity contribution < 1.29 is 10.0 Å². The van der Waals surface area contributed by atoms with Gasteiger partial charge in [0.15, 0.2) is 0 Å². The van der Waals surface area contributed by atoms with Gasteiger partial charge in [-0.3, -0.25) is 10.1 Å². The van der Waals surface area contributed by atoms with Crippen LogP contribution in [0, 0.1) is 56.5 Å². The minimum atomic E-state index is -0.592. The molecule has 0 unspecified atom stereocenters. The summed E-state index contributed by atoms with van der Waals surface area (Å²) in [5.41, 5.74) is 1.21. The first-order chi connectivity index (χ1) is 14.6. The summed E-state index contributed by atoms with van der Waals surface area (Å²) in [6.07, 6.45) is 12.8. The average molecular weight is 432 g/mol. The lowest BCUT2D eigenvalue weighted by Crippen LogP contribution is -2.55. The molecule has 0 aliphatic heterocycles. The second-order valence-electron chi connectivity index (χ2n) is 12.6. The van der Waals surface area contributed by atoms with Gasteiger partial charge in [-0.05, 0) is 90.9 Å². The number of fused-ring (bicyclic) bond motifs is 5. The number of rotatable bonds is 6. The zero-order valence-electron chi connectivity index (χ0n) is 20.5. The van der Waals surface area contributed by atoms with Crippen molar-refractivity contribution in [2.75, 3.05) is 0 Å². The molecule has 0 saturated heterocycles. The summed E-state index contributed by atoms with van der Waals surface area (Å²) in [7, 11) is 0. The first-order valence-corrected chi connectivity index (χ1v) is 13.1. The molecule has 0 bridgehead atoms. The highest BCUT2D eigenvalue weighted by Gasteiger charge is 2.62. The van der Waals surface area contributed by atoms with Gasteiger partial charge in [0.2, 0.25) is 6.04 Å². The maximum absolute atomic E-state index is 12.1. The topological polar surface area (TPSA) is 63.4 Å². The summed E-state index contributed by atoms with van der Waals surface area (Å²) in [6, 6.07) is -0.592. The van der Waals surface area contributed by atoms with Crippen LogP contribution in [-0.2, 0) is 0 Å². The van der Waals surface area contributed by atoms with E-state index in [2.05, 4.69) is 34.6 Å². The van der Waals surface area contributed by atoms with Crippen LogP contribution in [0.1, 0.15) is 98.8 Å². The zero-order valence-corrected chi connectivity index (χ0v) is 20.5. The Kier molecular flexibility index (Phi) is 6.35. The lowest BCUT2D eigenvalue weighted by molar-refractivity contribution is -0.521. The van der Waals surface area contributed by atoms with Crippen molar-refractivity contribution in [3.8, 4) is 0 Å². The molecule has 1 N–H and O–H groups in total. The van der Waals surface area contributed by atoms with Gasteiger partial charge in [-0.15, -0.1) is 0 Å². The molecule has 0 amide bonds. The van der Waals surface area contributed by atoms with Crippen LogP contribution in [0.5, 0.6) is 0 Å². The predicted molar refractivity (Wildman–Crippen MR) is 125 cm³/mol. The molecule has 4 rings (SSSR count). The first-order valence-electron chi connectivity index (χ1n) is 13.1. The van der Waals surface area contributed by atoms with Crippen LogP contribution in [0.2, 0.25) is 0 Å². The fourth-order valence-corrected chi connectivity index (χ4v) is 8.98. The SMILES string of the molecule is CC(C)CCC[C@@H](C)[C@@H]1CC[C@@H]2[C@H]3C[C@H]([N+](=O)[O-])C4=C[C@@H](O)CC[C@]4(C)[C@@H]3CC[C@@]21C. The second-order valence-corrected chi connectivity index (χ2v) is 12.6. The standard InChI is InChI=1S/C27H45NO3/c1-17(2)7-6-8-18(3)21-9-10-22-20-16-25(28(30)31)24-15-19(29)11-13-27(24,5)23(20)12-14-26(21,22)4/h15,17-23,25,29H,6-14,16H2,1-5H3/t18-,19+,20-,21+,22-,23-,25+,26-,27-/m1/s1. The Hall–Kier alpha value is -0.900. The molecule has 0 radical (unpaired) electrons. The Bertz CT molecular complexity index is 717. The summed E-state index contributed by atoms with van der Waals surface area (Å²) >= 11 is 0. The van der Waals surface area contributed by atoms with E-state index in [0.29, 0.717) is 29.6 Å². The van der Waals surface area contributed by atoms with E-state index in [-0.39, 0.29) is 10.3 Å². The molecule has 3 fully saturated rings. The molecule has 9 atom stereocenters. The summed E-state index contributed by atoms with van der Waals surface area (Å²) in [6.45, 7) is 12.0. The third-order valence-corrected chi connectivity index (χ3v) is 10.6. The minimum absolute atomic E-state index is 0.0364. The van der Waals surface area contributed by atoms with E-state index < -0.39 is 12.1 Å². The molecule has 3 saturated carbocycles. The van der Waals surface area contributed by atoms with Crippen LogP contribution < -0.4 is 0 Å². The Morgan fingerprint density at radius 3 is 2.52 bits per heavy atom. The largest absolute Gasteiger partial charge is 0.389 e. The molecular weight excluding hydrogens is 386 g/mol. The highest BCUT2D eigenvalue weighted by molar-refractivity contribution is 5.29. The third-order valence-electron chi connectivity index (χ3n) is 10.6. The molecule has 4 aliphatic rings. The molecule has 0 aromatic carbocycles. The van der Waals surface area contributed by atoms with E-state index in [1.165, 1.54) is 44.9 Å². The molecule has 4 nitrogen and oxygen atoms in total. The van der Waals surface area contributed by atoms with Gasteiger partial charge < -0.3 is 5.11 Å². The van der Waals surface area contributed by atoms with Gasteiger partial charge in [0.1, 0.15) is 0 Å². The van der Waals surface area contributed by atoms with Crippen molar-refractivity contribution in [2.45, 2.75) is 111 Å². The Morgan fingerprint density at radius 2 is 1.84 bits per heavy atom. The van der Waals surface area contributed by atoms with Crippen LogP contribution in [-0.4, -0.2) is 22.2 Å². The van der Waals surface area contributed by atoms with Crippen LogP contribution in [0.15, 0.2) is 11.6 Å². The fourth-order valence-electron chi connectivity index (χ4n) is 8.98. The number of nitrogens with zero attached hydrogens (tertiary/aromatic N) is 1. The van der Waals surface area contributed by atoms with Gasteiger partial charge in [-0.1, -0.05) is 53.9 Å². The van der Waals surface area contributed by atoms with Crippen molar-refractivity contribution >= 4 is 0 Å². The molecule has 31 heavy (non-hydrogen) atoms. The molecule has 0 aromatic heterocycles. The van der Waals surface area contributed by atoms with Gasteiger partial charge in [-0.25, -0.2) is 0 Å². The molecular formula is C27H45NO3. The summed E-state index contributed by atoms with van der Waals surface area (Å²) in [5.74, 6) is 3.98. The number of nitro groups is 1. The zero-order chi connectivity index (χ0) is 22.6. The molecule has 0 aromatic rings. The Labute approximate surface area is 189 Å². The van der Waals surface area contributed by atoms with E-state index in [9.17, 15) is 15.2 Å². The fraction of sp³-hybridized carbons (Fsp3) is 0.926. The second kappa shape index (κ2) is 8.47. The van der Waals surface area contributed by atoms with E-state index in [1.807, 2.05) is 6.08 Å². The summed E-state index contributed by atoms with van der Waals surface area (Å²) < 4.78 is 0. The molecule has 4 aliphatic carbocycles. The van der Waals surface area contributed by atoms with Crippen molar-refractivity contribution in [1.82, 2.24) is 0 Å². The first kappa shape index (κ1) is 23.3. The maximum atomic E-state index is 12.1. The Morgan fingerprint density at radius 1 is 1.10 bits per heavy atom. The minimum Gasteiger partial charge on any atom is -0.389 e. The Balaban J connectivity index is 1.57. The normalized spacial score (nSPS) is 45.5. The molecule has 0 spiro atoms. The molecule has 0 heterocycles. The van der Waals surface area contributed by atoms with Gasteiger partial charge in [-0.2, -0.15) is 0 Å². The van der Waals surface area contributed by atoms with Gasteiger partial charge in [0.05, 0.1) is 6.10 Å². The van der Waals surface area contributed by atoms with Crippen LogP contribution in [0.3, 0.4) is 0 Å². The third kappa shape index (κ3) is 3.89. The monoisotopic (exact) mass is 431 g/mol. The lowest BCUT2D eigenvalue weighted by Gasteiger charge is -2.59. The van der Waals surface area contributed by atoms with E-state index in [0.717, 1.165) is 36.2 Å². The summed E-state index contributed by atoms with van der Waals surface area (Å²) in [4.78, 5) is 12.1. The highest BCUT2D eigenvalue weighted by Crippen LogP contribution is 2.68. The van der Waals surface area contributed by atoms with E-state index in [1.54, 1.807) is 0 Å². The van der Waals surface area contributed by atoms with Crippen LogP contribution >= 0.6 is 0 Å². The molecule has 176 valence electrons. The maximum Gasteiger partial charge on any atom is 0.235 e. The van der Waals surface area contributed by atoms with Crippen molar-refractivity contribution in [3.63, 3.8) is 0 Å². The van der Waals surface area contributed by atoms with Gasteiger partial charge in [0, 0.05) is 16.9 Å². The lowest BCUT2D eigenvalue weighted by atomic mass is 9.45. The van der Waals surface area contributed by atoms with Gasteiger partial charge in [0.25, 0.3) is 0 Å². The number of aliphatic hydroxyl groups is 1.